The molecule has 0 fully saturated rings. The van der Waals surface area contributed by atoms with Crippen molar-refractivity contribution in [3.05, 3.63) is 60.4 Å². The first-order valence-corrected chi connectivity index (χ1v) is 5.35. The van der Waals surface area contributed by atoms with Crippen molar-refractivity contribution < 1.29 is 14.6 Å². The van der Waals surface area contributed by atoms with Crippen molar-refractivity contribution >= 4 is 5.97 Å². The maximum Gasteiger partial charge on any atom is 0.330 e. The quantitative estimate of drug-likeness (QED) is 0.580. The maximum absolute atomic E-state index is 10.6. The van der Waals surface area contributed by atoms with Gasteiger partial charge >= 0.3 is 5.97 Å². The fraction of sp³-hybridized carbons (Fsp3) is 0.214. The molecule has 17 heavy (non-hydrogen) atoms. The second kappa shape index (κ2) is 6.53. The Bertz CT molecular complexity index is 404. The number of aryl methyl sites for hydroxylation is 1. The molecule has 0 spiro atoms. The Morgan fingerprint density at radius 2 is 1.88 bits per heavy atom. The number of benzene rings is 1. The van der Waals surface area contributed by atoms with Crippen LogP contribution >= 0.6 is 0 Å². The summed E-state index contributed by atoms with van der Waals surface area (Å²) in [6.07, 6.45) is 2.57. The van der Waals surface area contributed by atoms with Gasteiger partial charge in [-0.2, -0.15) is 0 Å². The molecule has 0 aliphatic carbocycles. The van der Waals surface area contributed by atoms with Crippen LogP contribution in [0, 0.1) is 0 Å². The zero-order valence-corrected chi connectivity index (χ0v) is 9.69. The molecule has 0 unspecified atom stereocenters. The highest BCUT2D eigenvalue weighted by Gasteiger charge is 2.03. The third kappa shape index (κ3) is 4.55. The molecular weight excluding hydrogens is 216 g/mol. The molecule has 1 aromatic carbocycles. The zero-order chi connectivity index (χ0) is 12.7. The van der Waals surface area contributed by atoms with Gasteiger partial charge in [0.25, 0.3) is 0 Å². The van der Waals surface area contributed by atoms with Gasteiger partial charge in [0.1, 0.15) is 6.61 Å². The van der Waals surface area contributed by atoms with Crippen LogP contribution in [0.4, 0.5) is 0 Å². The van der Waals surface area contributed by atoms with E-state index in [9.17, 15) is 4.79 Å². The number of carbonyl (C=O) groups is 1. The van der Waals surface area contributed by atoms with Gasteiger partial charge in [0.15, 0.2) is 0 Å². The molecular formula is C14H16O3. The van der Waals surface area contributed by atoms with Crippen molar-refractivity contribution in [1.29, 1.82) is 0 Å². The van der Waals surface area contributed by atoms with Crippen LogP contribution in [0.2, 0.25) is 0 Å². The van der Waals surface area contributed by atoms with E-state index in [1.807, 2.05) is 24.3 Å². The lowest BCUT2D eigenvalue weighted by Gasteiger charge is -2.04. The average molecular weight is 232 g/mol. The van der Waals surface area contributed by atoms with Gasteiger partial charge < -0.3 is 9.84 Å². The second-order valence-electron chi connectivity index (χ2n) is 3.70. The molecule has 0 bridgehead atoms. The molecule has 0 heterocycles. The number of carboxylic acids is 1. The molecule has 0 aromatic heterocycles. The second-order valence-corrected chi connectivity index (χ2v) is 3.70. The number of carboxylic acid groups (broad SMARTS) is 1. The first-order chi connectivity index (χ1) is 8.13. The van der Waals surface area contributed by atoms with Gasteiger partial charge in [-0.05, 0) is 24.0 Å². The van der Waals surface area contributed by atoms with E-state index in [4.69, 9.17) is 9.84 Å². The number of hydrogen-bond donors (Lipinski definition) is 1. The van der Waals surface area contributed by atoms with Gasteiger partial charge in [0.05, 0.1) is 6.26 Å². The lowest BCUT2D eigenvalue weighted by molar-refractivity contribution is -0.132. The topological polar surface area (TPSA) is 46.5 Å². The smallest absolute Gasteiger partial charge is 0.330 e. The van der Waals surface area contributed by atoms with Crippen LogP contribution in [0.15, 0.2) is 49.3 Å². The zero-order valence-electron chi connectivity index (χ0n) is 9.69. The minimum absolute atomic E-state index is 0.240. The van der Waals surface area contributed by atoms with Gasteiger partial charge in [-0.1, -0.05) is 37.4 Å². The predicted molar refractivity (Wildman–Crippen MR) is 66.5 cm³/mol. The Balaban J connectivity index is 2.48. The summed E-state index contributed by atoms with van der Waals surface area (Å²) in [4.78, 5) is 10.6. The van der Waals surface area contributed by atoms with Crippen molar-refractivity contribution in [2.45, 2.75) is 19.4 Å². The van der Waals surface area contributed by atoms with Crippen molar-refractivity contribution in [3.63, 3.8) is 0 Å². The summed E-state index contributed by atoms with van der Waals surface area (Å²) in [5.74, 6) is -0.930. The molecule has 0 saturated heterocycles. The summed E-state index contributed by atoms with van der Waals surface area (Å²) >= 11 is 0. The summed E-state index contributed by atoms with van der Waals surface area (Å²) in [5.41, 5.74) is 2.39. The fourth-order valence-corrected chi connectivity index (χ4v) is 1.36. The first-order valence-electron chi connectivity index (χ1n) is 5.35. The van der Waals surface area contributed by atoms with Crippen LogP contribution in [0.3, 0.4) is 0 Å². The molecule has 0 saturated carbocycles. The molecule has 0 aliphatic heterocycles. The van der Waals surface area contributed by atoms with Crippen molar-refractivity contribution in [2.75, 3.05) is 0 Å². The molecule has 3 nitrogen and oxygen atoms in total. The monoisotopic (exact) mass is 232 g/mol. The molecule has 0 radical (unpaired) electrons. The summed E-state index contributed by atoms with van der Waals surface area (Å²) < 4.78 is 5.06. The minimum atomic E-state index is -0.930. The van der Waals surface area contributed by atoms with Crippen LogP contribution in [-0.2, 0) is 22.6 Å². The largest absolute Gasteiger partial charge is 0.497 e. The molecule has 3 heteroatoms. The highest BCUT2D eigenvalue weighted by atomic mass is 16.5. The van der Waals surface area contributed by atoms with Gasteiger partial charge in [0, 0.05) is 5.57 Å². The molecule has 90 valence electrons. The van der Waals surface area contributed by atoms with Crippen LogP contribution in [0.25, 0.3) is 0 Å². The Morgan fingerprint density at radius 1 is 1.29 bits per heavy atom. The molecule has 0 aliphatic rings. The lowest BCUT2D eigenvalue weighted by atomic mass is 10.0. The van der Waals surface area contributed by atoms with Crippen LogP contribution in [0.5, 0.6) is 0 Å². The Hall–Kier alpha value is -2.03. The van der Waals surface area contributed by atoms with E-state index in [0.717, 1.165) is 11.1 Å². The third-order valence-electron chi connectivity index (χ3n) is 2.41. The Kier molecular flexibility index (Phi) is 5.01. The van der Waals surface area contributed by atoms with E-state index in [-0.39, 0.29) is 5.57 Å². The van der Waals surface area contributed by atoms with Gasteiger partial charge in [-0.15, -0.1) is 0 Å². The third-order valence-corrected chi connectivity index (χ3v) is 2.41. The number of ether oxygens (including phenoxy) is 1. The van der Waals surface area contributed by atoms with Crippen LogP contribution < -0.4 is 0 Å². The predicted octanol–water partition coefficient (Wildman–Crippen LogP) is 2.92. The molecule has 1 N–H and O–H groups in total. The van der Waals surface area contributed by atoms with Crippen molar-refractivity contribution in [1.82, 2.24) is 0 Å². The van der Waals surface area contributed by atoms with Gasteiger partial charge in [0.2, 0.25) is 0 Å². The van der Waals surface area contributed by atoms with Crippen molar-refractivity contribution in [2.24, 2.45) is 0 Å². The SMILES string of the molecule is C=COCc1ccc(CCC(=C)C(=O)O)cc1. The highest BCUT2D eigenvalue weighted by molar-refractivity contribution is 5.85. The van der Waals surface area contributed by atoms with E-state index in [1.54, 1.807) is 0 Å². The summed E-state index contributed by atoms with van der Waals surface area (Å²) in [7, 11) is 0. The summed E-state index contributed by atoms with van der Waals surface area (Å²) in [6, 6.07) is 7.86. The van der Waals surface area contributed by atoms with Gasteiger partial charge in [-0.3, -0.25) is 0 Å². The molecule has 1 rings (SSSR count). The normalized spacial score (nSPS) is 9.65. The molecule has 1 aromatic rings. The van der Waals surface area contributed by atoms with E-state index in [1.165, 1.54) is 6.26 Å². The molecule has 0 atom stereocenters. The lowest BCUT2D eigenvalue weighted by Crippen LogP contribution is -2.00. The van der Waals surface area contributed by atoms with Crippen LogP contribution in [0.1, 0.15) is 17.5 Å². The summed E-state index contributed by atoms with van der Waals surface area (Å²) in [5, 5.41) is 8.68. The Morgan fingerprint density at radius 3 is 2.41 bits per heavy atom. The first kappa shape index (κ1) is 13.0. The highest BCUT2D eigenvalue weighted by Crippen LogP contribution is 2.10. The standard InChI is InChI=1S/C14H16O3/c1-3-17-10-13-8-6-12(7-9-13)5-4-11(2)14(15)16/h3,6-9H,1-2,4-5,10H2,(H,15,16). The van der Waals surface area contributed by atoms with Gasteiger partial charge in [-0.25, -0.2) is 4.79 Å². The number of rotatable bonds is 7. The van der Waals surface area contributed by atoms with E-state index in [2.05, 4.69) is 13.2 Å². The fourth-order valence-electron chi connectivity index (χ4n) is 1.36. The Labute approximate surface area is 101 Å². The number of aliphatic carboxylic acids is 1. The van der Waals surface area contributed by atoms with Crippen LogP contribution in [-0.4, -0.2) is 11.1 Å². The average Bonchev–Trinajstić information content (AvgIpc) is 2.34. The maximum atomic E-state index is 10.6. The summed E-state index contributed by atoms with van der Waals surface area (Å²) in [6.45, 7) is 7.47. The van der Waals surface area contributed by atoms with E-state index >= 15 is 0 Å². The molecule has 0 amide bonds. The number of hydrogen-bond acceptors (Lipinski definition) is 2. The minimum Gasteiger partial charge on any atom is -0.497 e. The van der Waals surface area contributed by atoms with Crippen molar-refractivity contribution in [3.8, 4) is 0 Å². The van der Waals surface area contributed by atoms with E-state index < -0.39 is 5.97 Å². The van der Waals surface area contributed by atoms with E-state index in [0.29, 0.717) is 19.4 Å².